The molecule has 0 radical (unpaired) electrons. The molecule has 2 nitrogen and oxygen atoms in total. The summed E-state index contributed by atoms with van der Waals surface area (Å²) in [5.74, 6) is 0.819. The van der Waals surface area contributed by atoms with Crippen LogP contribution in [0.3, 0.4) is 0 Å². The number of hydrogen-bond donors (Lipinski definition) is 2. The molecule has 1 aromatic rings. The Morgan fingerprint density at radius 3 is 2.65 bits per heavy atom. The van der Waals surface area contributed by atoms with Gasteiger partial charge in [-0.25, -0.2) is 0 Å². The quantitative estimate of drug-likeness (QED) is 0.820. The van der Waals surface area contributed by atoms with Crippen LogP contribution in [-0.2, 0) is 0 Å². The van der Waals surface area contributed by atoms with Crippen molar-refractivity contribution >= 4 is 0 Å². The molecule has 0 amide bonds. The third kappa shape index (κ3) is 2.00. The minimum absolute atomic E-state index is 0.223. The molecule has 0 aromatic heterocycles. The lowest BCUT2D eigenvalue weighted by molar-refractivity contribution is 0.366. The summed E-state index contributed by atoms with van der Waals surface area (Å²) in [7, 11) is 0. The lowest BCUT2D eigenvalue weighted by atomic mass is 10.0. The lowest BCUT2D eigenvalue weighted by Crippen LogP contribution is -2.33. The Balaban J connectivity index is 1.77. The molecule has 0 heterocycles. The van der Waals surface area contributed by atoms with Crippen molar-refractivity contribution in [3.05, 3.63) is 35.4 Å². The summed E-state index contributed by atoms with van der Waals surface area (Å²) in [6, 6.07) is 10.0. The Labute approximate surface area is 104 Å². The number of fused-ring (bicyclic) bond motifs is 1. The van der Waals surface area contributed by atoms with Crippen LogP contribution in [0.5, 0.6) is 0 Å². The van der Waals surface area contributed by atoms with E-state index >= 15 is 0 Å². The molecule has 4 atom stereocenters. The van der Waals surface area contributed by atoms with E-state index < -0.39 is 0 Å². The highest BCUT2D eigenvalue weighted by Crippen LogP contribution is 2.38. The van der Waals surface area contributed by atoms with Gasteiger partial charge in [0, 0.05) is 18.1 Å². The minimum Gasteiger partial charge on any atom is -0.324 e. The molecule has 2 aliphatic rings. The Morgan fingerprint density at radius 2 is 1.94 bits per heavy atom. The smallest absolute Gasteiger partial charge is 0.0344 e. The number of rotatable bonds is 2. The van der Waals surface area contributed by atoms with Gasteiger partial charge in [0.25, 0.3) is 0 Å². The van der Waals surface area contributed by atoms with Gasteiger partial charge in [-0.15, -0.1) is 0 Å². The first kappa shape index (κ1) is 11.2. The van der Waals surface area contributed by atoms with Gasteiger partial charge >= 0.3 is 0 Å². The van der Waals surface area contributed by atoms with Crippen LogP contribution >= 0.6 is 0 Å². The van der Waals surface area contributed by atoms with Crippen LogP contribution in [0.4, 0.5) is 0 Å². The summed E-state index contributed by atoms with van der Waals surface area (Å²) >= 11 is 0. The Kier molecular flexibility index (Phi) is 2.93. The summed E-state index contributed by atoms with van der Waals surface area (Å²) in [4.78, 5) is 0. The minimum atomic E-state index is 0.223. The van der Waals surface area contributed by atoms with E-state index in [1.165, 1.54) is 30.4 Å². The van der Waals surface area contributed by atoms with E-state index in [1.807, 2.05) is 0 Å². The molecular weight excluding hydrogens is 208 g/mol. The van der Waals surface area contributed by atoms with E-state index in [1.54, 1.807) is 0 Å². The van der Waals surface area contributed by atoms with Gasteiger partial charge in [0.1, 0.15) is 0 Å². The SMILES string of the molecule is CC1CCCC1NC1CC(N)c2ccccc21. The fourth-order valence-corrected chi connectivity index (χ4v) is 3.48. The zero-order valence-electron chi connectivity index (χ0n) is 10.5. The molecule has 1 saturated carbocycles. The van der Waals surface area contributed by atoms with Gasteiger partial charge in [-0.1, -0.05) is 37.6 Å². The van der Waals surface area contributed by atoms with Gasteiger partial charge in [-0.2, -0.15) is 0 Å². The van der Waals surface area contributed by atoms with E-state index in [9.17, 15) is 0 Å². The van der Waals surface area contributed by atoms with Gasteiger partial charge in [-0.3, -0.25) is 0 Å². The first-order valence-corrected chi connectivity index (χ1v) is 6.86. The van der Waals surface area contributed by atoms with Crippen molar-refractivity contribution in [2.24, 2.45) is 11.7 Å². The van der Waals surface area contributed by atoms with Gasteiger partial charge in [-0.05, 0) is 36.3 Å². The molecule has 3 N–H and O–H groups in total. The molecule has 92 valence electrons. The van der Waals surface area contributed by atoms with E-state index in [0.29, 0.717) is 12.1 Å². The summed E-state index contributed by atoms with van der Waals surface area (Å²) in [5.41, 5.74) is 8.98. The van der Waals surface area contributed by atoms with Crippen molar-refractivity contribution in [3.8, 4) is 0 Å². The summed E-state index contributed by atoms with van der Waals surface area (Å²) in [6.07, 6.45) is 5.13. The average molecular weight is 230 g/mol. The van der Waals surface area contributed by atoms with Gasteiger partial charge in [0.2, 0.25) is 0 Å². The van der Waals surface area contributed by atoms with Crippen LogP contribution in [0.15, 0.2) is 24.3 Å². The van der Waals surface area contributed by atoms with Crippen molar-refractivity contribution in [1.82, 2.24) is 5.32 Å². The number of nitrogens with two attached hydrogens (primary N) is 1. The van der Waals surface area contributed by atoms with E-state index in [-0.39, 0.29) is 6.04 Å². The molecule has 0 aliphatic heterocycles. The first-order valence-electron chi connectivity index (χ1n) is 6.86. The second kappa shape index (κ2) is 4.43. The van der Waals surface area contributed by atoms with Crippen molar-refractivity contribution in [3.63, 3.8) is 0 Å². The molecule has 2 heteroatoms. The van der Waals surface area contributed by atoms with Crippen molar-refractivity contribution in [2.75, 3.05) is 0 Å². The molecule has 2 aliphatic carbocycles. The van der Waals surface area contributed by atoms with E-state index in [2.05, 4.69) is 36.5 Å². The third-order valence-electron chi connectivity index (χ3n) is 4.54. The average Bonchev–Trinajstić information content (AvgIpc) is 2.87. The molecule has 0 saturated heterocycles. The second-order valence-corrected chi connectivity index (χ2v) is 5.71. The predicted octanol–water partition coefficient (Wildman–Crippen LogP) is 2.91. The van der Waals surface area contributed by atoms with Crippen LogP contribution in [0.25, 0.3) is 0 Å². The molecule has 0 spiro atoms. The standard InChI is InChI=1S/C15H22N2/c1-10-5-4-8-14(10)17-15-9-13(16)11-6-2-3-7-12(11)15/h2-3,6-7,10,13-15,17H,4-5,8-9,16H2,1H3. The van der Waals surface area contributed by atoms with Gasteiger partial charge in [0.15, 0.2) is 0 Å². The summed E-state index contributed by atoms with van der Waals surface area (Å²) in [6.45, 7) is 2.37. The van der Waals surface area contributed by atoms with Crippen LogP contribution in [0, 0.1) is 5.92 Å². The van der Waals surface area contributed by atoms with E-state index in [4.69, 9.17) is 5.73 Å². The fourth-order valence-electron chi connectivity index (χ4n) is 3.48. The maximum Gasteiger partial charge on any atom is 0.0344 e. The number of benzene rings is 1. The predicted molar refractivity (Wildman–Crippen MR) is 70.7 cm³/mol. The molecule has 17 heavy (non-hydrogen) atoms. The van der Waals surface area contributed by atoms with E-state index in [0.717, 1.165) is 12.3 Å². The highest BCUT2D eigenvalue weighted by atomic mass is 15.0. The largest absolute Gasteiger partial charge is 0.324 e. The molecular formula is C15H22N2. The Bertz CT molecular complexity index is 402. The maximum atomic E-state index is 6.21. The zero-order chi connectivity index (χ0) is 11.8. The van der Waals surface area contributed by atoms with Crippen LogP contribution in [0.1, 0.15) is 55.8 Å². The highest BCUT2D eigenvalue weighted by Gasteiger charge is 2.32. The zero-order valence-corrected chi connectivity index (χ0v) is 10.5. The van der Waals surface area contributed by atoms with Crippen LogP contribution in [0.2, 0.25) is 0 Å². The lowest BCUT2D eigenvalue weighted by Gasteiger charge is -2.23. The molecule has 1 aromatic carbocycles. The molecule has 3 rings (SSSR count). The van der Waals surface area contributed by atoms with Crippen molar-refractivity contribution in [1.29, 1.82) is 0 Å². The van der Waals surface area contributed by atoms with Crippen LogP contribution < -0.4 is 11.1 Å². The normalized spacial score (nSPS) is 36.1. The fraction of sp³-hybridized carbons (Fsp3) is 0.600. The third-order valence-corrected chi connectivity index (χ3v) is 4.54. The first-order chi connectivity index (χ1) is 8.25. The topological polar surface area (TPSA) is 38.0 Å². The monoisotopic (exact) mass is 230 g/mol. The number of hydrogen-bond acceptors (Lipinski definition) is 2. The second-order valence-electron chi connectivity index (χ2n) is 5.71. The highest BCUT2D eigenvalue weighted by molar-refractivity contribution is 5.37. The van der Waals surface area contributed by atoms with Crippen molar-refractivity contribution < 1.29 is 0 Å². The van der Waals surface area contributed by atoms with Gasteiger partial charge < -0.3 is 11.1 Å². The number of nitrogens with one attached hydrogen (secondary N) is 1. The van der Waals surface area contributed by atoms with Crippen LogP contribution in [-0.4, -0.2) is 6.04 Å². The molecule has 4 unspecified atom stereocenters. The summed E-state index contributed by atoms with van der Waals surface area (Å²) < 4.78 is 0. The van der Waals surface area contributed by atoms with Gasteiger partial charge in [0.05, 0.1) is 0 Å². The molecule has 0 bridgehead atoms. The summed E-state index contributed by atoms with van der Waals surface area (Å²) in [5, 5.41) is 3.83. The maximum absolute atomic E-state index is 6.21. The Morgan fingerprint density at radius 1 is 1.18 bits per heavy atom. The van der Waals surface area contributed by atoms with Crippen molar-refractivity contribution in [2.45, 2.75) is 50.7 Å². The molecule has 1 fully saturated rings. The Hall–Kier alpha value is -0.860.